The van der Waals surface area contributed by atoms with Gasteiger partial charge in [0, 0.05) is 29.2 Å². The number of aryl methyl sites for hydroxylation is 2. The van der Waals surface area contributed by atoms with Crippen molar-refractivity contribution in [1.29, 1.82) is 0 Å². The van der Waals surface area contributed by atoms with Gasteiger partial charge in [0.05, 0.1) is 5.69 Å². The zero-order valence-corrected chi connectivity index (χ0v) is 12.7. The minimum absolute atomic E-state index is 0.00306. The molecule has 0 fully saturated rings. The fourth-order valence-corrected chi connectivity index (χ4v) is 2.58. The molecular formula is C13H19N5OS. The largest absolute Gasteiger partial charge is 0.335 e. The van der Waals surface area contributed by atoms with E-state index in [1.807, 2.05) is 19.9 Å². The van der Waals surface area contributed by atoms with Gasteiger partial charge in [-0.15, -0.1) is 11.3 Å². The number of nitrogens with zero attached hydrogens (tertiary/aromatic N) is 2. The smallest absolute Gasteiger partial charge is 0.321 e. The SMILES string of the molecule is CCc1cnc(NC(=O)NC(C)Cc2cc(C)[nH]n2)s1. The van der Waals surface area contributed by atoms with Crippen LogP contribution < -0.4 is 10.6 Å². The summed E-state index contributed by atoms with van der Waals surface area (Å²) in [6.45, 7) is 5.96. The Bertz CT molecular complexity index is 577. The molecule has 108 valence electrons. The molecule has 2 amide bonds. The molecule has 1 unspecified atom stereocenters. The van der Waals surface area contributed by atoms with Crippen molar-refractivity contribution in [2.24, 2.45) is 0 Å². The lowest BCUT2D eigenvalue weighted by atomic mass is 10.2. The minimum Gasteiger partial charge on any atom is -0.335 e. The highest BCUT2D eigenvalue weighted by molar-refractivity contribution is 7.15. The molecule has 0 aliphatic heterocycles. The number of anilines is 1. The first-order valence-electron chi connectivity index (χ1n) is 6.60. The molecule has 1 atom stereocenters. The predicted molar refractivity (Wildman–Crippen MR) is 80.1 cm³/mol. The van der Waals surface area contributed by atoms with Gasteiger partial charge in [0.1, 0.15) is 0 Å². The number of hydrogen-bond donors (Lipinski definition) is 3. The van der Waals surface area contributed by atoms with E-state index in [2.05, 4.69) is 32.7 Å². The van der Waals surface area contributed by atoms with Crippen LogP contribution in [0, 0.1) is 6.92 Å². The monoisotopic (exact) mass is 293 g/mol. The lowest BCUT2D eigenvalue weighted by molar-refractivity contribution is 0.249. The van der Waals surface area contributed by atoms with Crippen LogP contribution in [-0.2, 0) is 12.8 Å². The second kappa shape index (κ2) is 6.51. The second-order valence-electron chi connectivity index (χ2n) is 4.73. The van der Waals surface area contributed by atoms with Crippen LogP contribution in [-0.4, -0.2) is 27.3 Å². The zero-order chi connectivity index (χ0) is 14.5. The Morgan fingerprint density at radius 3 is 2.95 bits per heavy atom. The van der Waals surface area contributed by atoms with Gasteiger partial charge in [-0.05, 0) is 26.3 Å². The van der Waals surface area contributed by atoms with Crippen LogP contribution in [0.5, 0.6) is 0 Å². The number of thiazole rings is 1. The number of urea groups is 1. The second-order valence-corrected chi connectivity index (χ2v) is 5.85. The summed E-state index contributed by atoms with van der Waals surface area (Å²) >= 11 is 1.50. The number of aromatic amines is 1. The number of carbonyl (C=O) groups is 1. The Labute approximate surface area is 122 Å². The molecule has 0 bridgehead atoms. The predicted octanol–water partition coefficient (Wildman–Crippen LogP) is 2.49. The van der Waals surface area contributed by atoms with Gasteiger partial charge in [-0.3, -0.25) is 10.4 Å². The van der Waals surface area contributed by atoms with Gasteiger partial charge in [0.15, 0.2) is 5.13 Å². The van der Waals surface area contributed by atoms with Crippen molar-refractivity contribution in [2.45, 2.75) is 39.7 Å². The summed E-state index contributed by atoms with van der Waals surface area (Å²) in [5, 5.41) is 13.3. The van der Waals surface area contributed by atoms with Crippen LogP contribution in [0.4, 0.5) is 9.93 Å². The molecule has 0 aromatic carbocycles. The van der Waals surface area contributed by atoms with Gasteiger partial charge < -0.3 is 5.32 Å². The van der Waals surface area contributed by atoms with E-state index >= 15 is 0 Å². The van der Waals surface area contributed by atoms with Crippen LogP contribution in [0.25, 0.3) is 0 Å². The number of H-pyrrole nitrogens is 1. The number of carbonyl (C=O) groups excluding carboxylic acids is 1. The van der Waals surface area contributed by atoms with E-state index in [9.17, 15) is 4.79 Å². The normalized spacial score (nSPS) is 12.2. The minimum atomic E-state index is -0.234. The highest BCUT2D eigenvalue weighted by Crippen LogP contribution is 2.18. The highest BCUT2D eigenvalue weighted by atomic mass is 32.1. The average molecular weight is 293 g/mol. The topological polar surface area (TPSA) is 82.7 Å². The molecule has 0 spiro atoms. The van der Waals surface area contributed by atoms with Crippen molar-refractivity contribution in [3.05, 3.63) is 28.5 Å². The Kier molecular flexibility index (Phi) is 4.73. The van der Waals surface area contributed by atoms with E-state index in [4.69, 9.17) is 0 Å². The first-order chi connectivity index (χ1) is 9.56. The van der Waals surface area contributed by atoms with E-state index < -0.39 is 0 Å². The van der Waals surface area contributed by atoms with E-state index in [0.29, 0.717) is 11.6 Å². The summed E-state index contributed by atoms with van der Waals surface area (Å²) in [6, 6.07) is 1.75. The van der Waals surface area contributed by atoms with E-state index in [1.165, 1.54) is 11.3 Å². The molecule has 0 saturated carbocycles. The van der Waals surface area contributed by atoms with Crippen molar-refractivity contribution in [3.8, 4) is 0 Å². The molecule has 2 aromatic heterocycles. The summed E-state index contributed by atoms with van der Waals surface area (Å²) < 4.78 is 0. The van der Waals surface area contributed by atoms with Crippen molar-refractivity contribution >= 4 is 22.5 Å². The summed E-state index contributed by atoms with van der Waals surface area (Å²) in [5.41, 5.74) is 1.96. The molecular weight excluding hydrogens is 274 g/mol. The van der Waals surface area contributed by atoms with Gasteiger partial charge in [0.25, 0.3) is 0 Å². The maximum Gasteiger partial charge on any atom is 0.321 e. The molecule has 2 heterocycles. The third kappa shape index (κ3) is 4.06. The fourth-order valence-electron chi connectivity index (χ4n) is 1.83. The van der Waals surface area contributed by atoms with Crippen LogP contribution in [0.15, 0.2) is 12.3 Å². The van der Waals surface area contributed by atoms with Crippen LogP contribution in [0.3, 0.4) is 0 Å². The number of nitrogens with one attached hydrogen (secondary N) is 3. The van der Waals surface area contributed by atoms with Crippen molar-refractivity contribution in [2.75, 3.05) is 5.32 Å². The Balaban J connectivity index is 1.81. The van der Waals surface area contributed by atoms with Crippen molar-refractivity contribution < 1.29 is 4.79 Å². The fraction of sp³-hybridized carbons (Fsp3) is 0.462. The summed E-state index contributed by atoms with van der Waals surface area (Å²) in [4.78, 5) is 17.1. The van der Waals surface area contributed by atoms with Crippen molar-refractivity contribution in [1.82, 2.24) is 20.5 Å². The summed E-state index contributed by atoms with van der Waals surface area (Å²) in [6.07, 6.45) is 3.40. The Morgan fingerprint density at radius 2 is 2.35 bits per heavy atom. The third-order valence-electron chi connectivity index (χ3n) is 2.77. The molecule has 6 nitrogen and oxygen atoms in total. The van der Waals surface area contributed by atoms with Gasteiger partial charge in [-0.25, -0.2) is 9.78 Å². The zero-order valence-electron chi connectivity index (χ0n) is 11.9. The first-order valence-corrected chi connectivity index (χ1v) is 7.41. The van der Waals surface area contributed by atoms with Crippen molar-refractivity contribution in [3.63, 3.8) is 0 Å². The molecule has 2 aromatic rings. The molecule has 0 aliphatic carbocycles. The van der Waals surface area contributed by atoms with Crippen LogP contribution in [0.1, 0.15) is 30.1 Å². The molecule has 7 heteroatoms. The molecule has 0 radical (unpaired) electrons. The number of rotatable bonds is 5. The van der Waals surface area contributed by atoms with Crippen LogP contribution in [0.2, 0.25) is 0 Å². The molecule has 20 heavy (non-hydrogen) atoms. The first kappa shape index (κ1) is 14.5. The molecule has 0 aliphatic rings. The quantitative estimate of drug-likeness (QED) is 0.792. The maximum absolute atomic E-state index is 11.8. The van der Waals surface area contributed by atoms with E-state index in [0.717, 1.165) is 22.7 Å². The standard InChI is InChI=1S/C13H19N5OS/c1-4-11-7-14-13(20-11)16-12(19)15-8(2)5-10-6-9(3)17-18-10/h6-8H,4-5H2,1-3H3,(H,17,18)(H2,14,15,16,19). The molecule has 2 rings (SSSR count). The Hall–Kier alpha value is -1.89. The van der Waals surface area contributed by atoms with E-state index in [1.54, 1.807) is 6.20 Å². The van der Waals surface area contributed by atoms with Gasteiger partial charge in [0.2, 0.25) is 0 Å². The number of aromatic nitrogens is 3. The summed E-state index contributed by atoms with van der Waals surface area (Å²) in [7, 11) is 0. The van der Waals surface area contributed by atoms with Crippen LogP contribution >= 0.6 is 11.3 Å². The highest BCUT2D eigenvalue weighted by Gasteiger charge is 2.11. The lowest BCUT2D eigenvalue weighted by Gasteiger charge is -2.12. The molecule has 3 N–H and O–H groups in total. The summed E-state index contributed by atoms with van der Waals surface area (Å²) in [5.74, 6) is 0. The van der Waals surface area contributed by atoms with Gasteiger partial charge >= 0.3 is 6.03 Å². The van der Waals surface area contributed by atoms with Gasteiger partial charge in [-0.2, -0.15) is 5.10 Å². The average Bonchev–Trinajstić information content (AvgIpc) is 2.98. The number of amides is 2. The molecule has 0 saturated heterocycles. The third-order valence-corrected chi connectivity index (χ3v) is 3.83. The Morgan fingerprint density at radius 1 is 1.55 bits per heavy atom. The van der Waals surface area contributed by atoms with E-state index in [-0.39, 0.29) is 12.1 Å². The lowest BCUT2D eigenvalue weighted by Crippen LogP contribution is -2.37. The number of hydrogen-bond acceptors (Lipinski definition) is 4. The van der Waals surface area contributed by atoms with Gasteiger partial charge in [-0.1, -0.05) is 6.92 Å². The maximum atomic E-state index is 11.8.